The molecule has 0 spiro atoms. The maximum atomic E-state index is 13.8. The van der Waals surface area contributed by atoms with Crippen molar-refractivity contribution in [1.82, 2.24) is 15.2 Å². The van der Waals surface area contributed by atoms with Crippen LogP contribution in [-0.4, -0.2) is 47.9 Å². The lowest BCUT2D eigenvalue weighted by molar-refractivity contribution is -0.146. The molecule has 25 heavy (non-hydrogen) atoms. The van der Waals surface area contributed by atoms with E-state index in [2.05, 4.69) is 10.3 Å². The summed E-state index contributed by atoms with van der Waals surface area (Å²) in [5.74, 6) is -1.48. The lowest BCUT2D eigenvalue weighted by Crippen LogP contribution is -2.52. The van der Waals surface area contributed by atoms with Crippen LogP contribution in [0.15, 0.2) is 48.8 Å². The number of anilines is 1. The largest absolute Gasteiger partial charge is 0.366 e. The first kappa shape index (κ1) is 16.9. The summed E-state index contributed by atoms with van der Waals surface area (Å²) in [5.41, 5.74) is 1.35. The van der Waals surface area contributed by atoms with Crippen molar-refractivity contribution in [2.24, 2.45) is 0 Å². The number of nitrogens with zero attached hydrogens (tertiary/aromatic N) is 3. The topological polar surface area (TPSA) is 65.5 Å². The number of carbonyl (C=O) groups excluding carboxylic acids is 2. The third-order valence-corrected chi connectivity index (χ3v) is 4.13. The molecule has 2 amide bonds. The molecular weight excluding hydrogens is 323 g/mol. The zero-order chi connectivity index (χ0) is 17.6. The Morgan fingerprint density at radius 3 is 2.52 bits per heavy atom. The number of nitrogens with one attached hydrogen (secondary N) is 1. The van der Waals surface area contributed by atoms with Crippen LogP contribution >= 0.6 is 0 Å². The Hall–Kier alpha value is -2.96. The minimum absolute atomic E-state index is 0.258. The molecule has 2 heterocycles. The Balaban J connectivity index is 1.51. The maximum absolute atomic E-state index is 13.8. The number of aromatic nitrogens is 1. The average molecular weight is 342 g/mol. The van der Waals surface area contributed by atoms with Crippen LogP contribution in [0.3, 0.4) is 0 Å². The van der Waals surface area contributed by atoms with Crippen molar-refractivity contribution in [3.63, 3.8) is 0 Å². The number of hydrogen-bond acceptors (Lipinski definition) is 4. The van der Waals surface area contributed by atoms with Gasteiger partial charge in [0.15, 0.2) is 0 Å². The van der Waals surface area contributed by atoms with Crippen molar-refractivity contribution in [2.75, 3.05) is 31.1 Å². The number of halogens is 1. The molecule has 0 aliphatic carbocycles. The smallest absolute Gasteiger partial charge is 0.312 e. The zero-order valence-corrected chi connectivity index (χ0v) is 13.7. The molecule has 1 aliphatic heterocycles. The van der Waals surface area contributed by atoms with Gasteiger partial charge in [0.2, 0.25) is 0 Å². The van der Waals surface area contributed by atoms with Crippen LogP contribution in [0.4, 0.5) is 10.1 Å². The summed E-state index contributed by atoms with van der Waals surface area (Å²) in [6, 6.07) is 10.1. The van der Waals surface area contributed by atoms with Crippen molar-refractivity contribution in [1.29, 1.82) is 0 Å². The number of carbonyl (C=O) groups is 2. The van der Waals surface area contributed by atoms with Crippen LogP contribution in [-0.2, 0) is 16.1 Å². The fourth-order valence-corrected chi connectivity index (χ4v) is 2.76. The molecule has 0 bridgehead atoms. The average Bonchev–Trinajstić information content (AvgIpc) is 2.67. The SMILES string of the molecule is O=C(NCc1cccnc1)C(=O)N1CCN(c2ccccc2F)CC1. The molecule has 1 N–H and O–H groups in total. The highest BCUT2D eigenvalue weighted by atomic mass is 19.1. The first-order chi connectivity index (χ1) is 12.1. The standard InChI is InChI=1S/C18H19FN4O2/c19-15-5-1-2-6-16(15)22-8-10-23(11-9-22)18(25)17(24)21-13-14-4-3-7-20-12-14/h1-7,12H,8-11,13H2,(H,21,24). The molecular formula is C18H19FN4O2. The van der Waals surface area contributed by atoms with Gasteiger partial charge in [-0.2, -0.15) is 0 Å². The molecule has 0 radical (unpaired) electrons. The molecule has 1 saturated heterocycles. The van der Waals surface area contributed by atoms with E-state index < -0.39 is 11.8 Å². The van der Waals surface area contributed by atoms with E-state index in [0.29, 0.717) is 31.9 Å². The van der Waals surface area contributed by atoms with Crippen molar-refractivity contribution in [2.45, 2.75) is 6.54 Å². The predicted octanol–water partition coefficient (Wildman–Crippen LogP) is 1.19. The summed E-state index contributed by atoms with van der Waals surface area (Å²) in [6.45, 7) is 2.00. The quantitative estimate of drug-likeness (QED) is 0.851. The summed E-state index contributed by atoms with van der Waals surface area (Å²) in [7, 11) is 0. The van der Waals surface area contributed by atoms with Gasteiger partial charge in [0.25, 0.3) is 0 Å². The van der Waals surface area contributed by atoms with Gasteiger partial charge in [-0.05, 0) is 23.8 Å². The van der Waals surface area contributed by atoms with E-state index in [0.717, 1.165) is 5.56 Å². The number of para-hydroxylation sites is 1. The van der Waals surface area contributed by atoms with E-state index in [9.17, 15) is 14.0 Å². The first-order valence-corrected chi connectivity index (χ1v) is 8.10. The number of amides is 2. The van der Waals surface area contributed by atoms with Gasteiger partial charge < -0.3 is 15.1 Å². The number of benzene rings is 1. The number of pyridine rings is 1. The minimum Gasteiger partial charge on any atom is -0.366 e. The van der Waals surface area contributed by atoms with Gasteiger partial charge in [-0.15, -0.1) is 0 Å². The Kier molecular flexibility index (Phi) is 5.23. The zero-order valence-electron chi connectivity index (χ0n) is 13.7. The van der Waals surface area contributed by atoms with Crippen molar-refractivity contribution < 1.29 is 14.0 Å². The monoisotopic (exact) mass is 342 g/mol. The molecule has 0 saturated carbocycles. The van der Waals surface area contributed by atoms with Gasteiger partial charge in [-0.25, -0.2) is 4.39 Å². The Labute approximate surface area is 145 Å². The van der Waals surface area contributed by atoms with Crippen LogP contribution in [0, 0.1) is 5.82 Å². The van der Waals surface area contributed by atoms with Gasteiger partial charge in [-0.1, -0.05) is 18.2 Å². The lowest BCUT2D eigenvalue weighted by atomic mass is 10.2. The normalized spacial score (nSPS) is 14.3. The first-order valence-electron chi connectivity index (χ1n) is 8.10. The molecule has 6 nitrogen and oxygen atoms in total. The molecule has 0 unspecified atom stereocenters. The van der Waals surface area contributed by atoms with Crippen LogP contribution in [0.1, 0.15) is 5.56 Å². The van der Waals surface area contributed by atoms with Gasteiger partial charge in [0, 0.05) is 45.1 Å². The molecule has 1 fully saturated rings. The number of rotatable bonds is 3. The van der Waals surface area contributed by atoms with E-state index in [1.54, 1.807) is 36.7 Å². The van der Waals surface area contributed by atoms with Gasteiger partial charge in [0.1, 0.15) is 5.82 Å². The third kappa shape index (κ3) is 4.12. The van der Waals surface area contributed by atoms with E-state index in [1.807, 2.05) is 11.0 Å². The summed E-state index contributed by atoms with van der Waals surface area (Å²) in [4.78, 5) is 31.6. The van der Waals surface area contributed by atoms with Gasteiger partial charge >= 0.3 is 11.8 Å². The molecule has 3 rings (SSSR count). The summed E-state index contributed by atoms with van der Waals surface area (Å²) >= 11 is 0. The second kappa shape index (κ2) is 7.74. The molecule has 1 aromatic carbocycles. The highest BCUT2D eigenvalue weighted by Gasteiger charge is 2.26. The molecule has 1 aromatic heterocycles. The molecule has 1 aliphatic rings. The fraction of sp³-hybridized carbons (Fsp3) is 0.278. The highest BCUT2D eigenvalue weighted by Crippen LogP contribution is 2.20. The molecule has 7 heteroatoms. The Morgan fingerprint density at radius 2 is 1.84 bits per heavy atom. The third-order valence-electron chi connectivity index (χ3n) is 4.13. The van der Waals surface area contributed by atoms with E-state index in [1.165, 1.54) is 11.0 Å². The predicted molar refractivity (Wildman–Crippen MR) is 91.3 cm³/mol. The molecule has 2 aromatic rings. The van der Waals surface area contributed by atoms with Gasteiger partial charge in [0.05, 0.1) is 5.69 Å². The van der Waals surface area contributed by atoms with Crippen LogP contribution in [0.2, 0.25) is 0 Å². The fourth-order valence-electron chi connectivity index (χ4n) is 2.76. The number of hydrogen-bond donors (Lipinski definition) is 1. The number of piperazine rings is 1. The summed E-state index contributed by atoms with van der Waals surface area (Å²) in [6.07, 6.45) is 3.28. The van der Waals surface area contributed by atoms with E-state index in [-0.39, 0.29) is 12.4 Å². The van der Waals surface area contributed by atoms with Crippen LogP contribution < -0.4 is 10.2 Å². The van der Waals surface area contributed by atoms with E-state index in [4.69, 9.17) is 0 Å². The van der Waals surface area contributed by atoms with E-state index >= 15 is 0 Å². The van der Waals surface area contributed by atoms with Gasteiger partial charge in [-0.3, -0.25) is 14.6 Å². The van der Waals surface area contributed by atoms with Crippen molar-refractivity contribution in [3.05, 3.63) is 60.2 Å². The summed E-state index contributed by atoms with van der Waals surface area (Å²) in [5, 5.41) is 2.60. The lowest BCUT2D eigenvalue weighted by Gasteiger charge is -2.35. The van der Waals surface area contributed by atoms with Crippen LogP contribution in [0.25, 0.3) is 0 Å². The summed E-state index contributed by atoms with van der Waals surface area (Å²) < 4.78 is 13.8. The molecule has 130 valence electrons. The molecule has 0 atom stereocenters. The van der Waals surface area contributed by atoms with Crippen molar-refractivity contribution >= 4 is 17.5 Å². The van der Waals surface area contributed by atoms with Crippen molar-refractivity contribution in [3.8, 4) is 0 Å². The van der Waals surface area contributed by atoms with Crippen LogP contribution in [0.5, 0.6) is 0 Å². The second-order valence-electron chi connectivity index (χ2n) is 5.77. The Bertz CT molecular complexity index is 746. The maximum Gasteiger partial charge on any atom is 0.312 e. The highest BCUT2D eigenvalue weighted by molar-refractivity contribution is 6.35. The second-order valence-corrected chi connectivity index (χ2v) is 5.77. The minimum atomic E-state index is -0.636. The Morgan fingerprint density at radius 1 is 1.08 bits per heavy atom.